The van der Waals surface area contributed by atoms with Gasteiger partial charge < -0.3 is 15.2 Å². The Labute approximate surface area is 137 Å². The van der Waals surface area contributed by atoms with Crippen LogP contribution in [-0.4, -0.2) is 35.1 Å². The SMILES string of the molecule is COc1ccc(-c2[nH]ncc2CNC2CCC(CO)CC2)cc1. The zero-order valence-electron chi connectivity index (χ0n) is 13.6. The van der Waals surface area contributed by atoms with Gasteiger partial charge in [0.2, 0.25) is 0 Å². The molecule has 0 spiro atoms. The monoisotopic (exact) mass is 315 g/mol. The van der Waals surface area contributed by atoms with E-state index in [1.54, 1.807) is 7.11 Å². The molecule has 23 heavy (non-hydrogen) atoms. The number of H-pyrrole nitrogens is 1. The van der Waals surface area contributed by atoms with Crippen LogP contribution in [-0.2, 0) is 6.54 Å². The molecule has 0 atom stereocenters. The van der Waals surface area contributed by atoms with Crippen molar-refractivity contribution < 1.29 is 9.84 Å². The van der Waals surface area contributed by atoms with Crippen molar-refractivity contribution in [2.45, 2.75) is 38.3 Å². The Morgan fingerprint density at radius 2 is 1.96 bits per heavy atom. The predicted molar refractivity (Wildman–Crippen MR) is 90.2 cm³/mol. The summed E-state index contributed by atoms with van der Waals surface area (Å²) in [6.07, 6.45) is 6.41. The Kier molecular flexibility index (Phi) is 5.31. The van der Waals surface area contributed by atoms with Gasteiger partial charge in [0.05, 0.1) is 19.0 Å². The first-order chi connectivity index (χ1) is 11.3. The average Bonchev–Trinajstić information content (AvgIpc) is 3.09. The van der Waals surface area contributed by atoms with Gasteiger partial charge >= 0.3 is 0 Å². The van der Waals surface area contributed by atoms with E-state index in [0.29, 0.717) is 18.6 Å². The molecule has 124 valence electrons. The number of ether oxygens (including phenoxy) is 1. The Morgan fingerprint density at radius 1 is 1.22 bits per heavy atom. The lowest BCUT2D eigenvalue weighted by molar-refractivity contribution is 0.175. The third-order valence-corrected chi connectivity index (χ3v) is 4.78. The molecule has 0 radical (unpaired) electrons. The van der Waals surface area contributed by atoms with E-state index in [1.165, 1.54) is 5.56 Å². The summed E-state index contributed by atoms with van der Waals surface area (Å²) in [5.41, 5.74) is 3.35. The number of hydrogen-bond acceptors (Lipinski definition) is 4. The Hall–Kier alpha value is -1.85. The molecule has 0 bridgehead atoms. The highest BCUT2D eigenvalue weighted by Crippen LogP contribution is 2.26. The second-order valence-electron chi connectivity index (χ2n) is 6.28. The molecular weight excluding hydrogens is 290 g/mol. The van der Waals surface area contributed by atoms with Gasteiger partial charge in [0, 0.05) is 30.3 Å². The number of benzene rings is 1. The zero-order valence-corrected chi connectivity index (χ0v) is 13.6. The highest BCUT2D eigenvalue weighted by molar-refractivity contribution is 5.63. The fraction of sp³-hybridized carbons (Fsp3) is 0.500. The van der Waals surface area contributed by atoms with Crippen molar-refractivity contribution in [1.29, 1.82) is 0 Å². The third-order valence-electron chi connectivity index (χ3n) is 4.78. The lowest BCUT2D eigenvalue weighted by Gasteiger charge is -2.28. The van der Waals surface area contributed by atoms with Gasteiger partial charge in [0.25, 0.3) is 0 Å². The number of aliphatic hydroxyl groups is 1. The number of nitrogens with zero attached hydrogens (tertiary/aromatic N) is 1. The standard InChI is InChI=1S/C18H25N3O2/c1-23-17-8-4-14(5-9-17)18-15(11-20-21-18)10-19-16-6-2-13(12-22)3-7-16/h4-5,8-9,11,13,16,19,22H,2-3,6-7,10,12H2,1H3,(H,20,21). The minimum atomic E-state index is 0.329. The van der Waals surface area contributed by atoms with Crippen molar-refractivity contribution in [2.24, 2.45) is 5.92 Å². The topological polar surface area (TPSA) is 70.2 Å². The lowest BCUT2D eigenvalue weighted by atomic mass is 9.86. The van der Waals surface area contributed by atoms with Gasteiger partial charge in [-0.15, -0.1) is 0 Å². The van der Waals surface area contributed by atoms with E-state index in [1.807, 2.05) is 30.5 Å². The van der Waals surface area contributed by atoms with E-state index < -0.39 is 0 Å². The molecule has 1 aliphatic rings. The first-order valence-electron chi connectivity index (χ1n) is 8.31. The fourth-order valence-electron chi connectivity index (χ4n) is 3.26. The largest absolute Gasteiger partial charge is 0.497 e. The number of hydrogen-bond donors (Lipinski definition) is 3. The van der Waals surface area contributed by atoms with Crippen LogP contribution < -0.4 is 10.1 Å². The molecule has 3 N–H and O–H groups in total. The Morgan fingerprint density at radius 3 is 2.61 bits per heavy atom. The third kappa shape index (κ3) is 3.92. The van der Waals surface area contributed by atoms with Gasteiger partial charge in [-0.25, -0.2) is 0 Å². The van der Waals surface area contributed by atoms with Crippen LogP contribution in [0, 0.1) is 5.92 Å². The van der Waals surface area contributed by atoms with Gasteiger partial charge in [-0.3, -0.25) is 5.10 Å². The molecule has 0 amide bonds. The summed E-state index contributed by atoms with van der Waals surface area (Å²) < 4.78 is 5.21. The number of nitrogens with one attached hydrogen (secondary N) is 2. The summed E-state index contributed by atoms with van der Waals surface area (Å²) in [7, 11) is 1.67. The number of aromatic nitrogens is 2. The summed E-state index contributed by atoms with van der Waals surface area (Å²) in [6.45, 7) is 1.14. The van der Waals surface area contributed by atoms with Crippen molar-refractivity contribution in [3.63, 3.8) is 0 Å². The van der Waals surface area contributed by atoms with Crippen molar-refractivity contribution in [3.8, 4) is 17.0 Å². The number of methoxy groups -OCH3 is 1. The second-order valence-corrected chi connectivity index (χ2v) is 6.28. The van der Waals surface area contributed by atoms with Crippen molar-refractivity contribution in [1.82, 2.24) is 15.5 Å². The summed E-state index contributed by atoms with van der Waals surface area (Å²) >= 11 is 0. The molecule has 5 nitrogen and oxygen atoms in total. The molecule has 0 aliphatic heterocycles. The number of aliphatic hydroxyl groups excluding tert-OH is 1. The van der Waals surface area contributed by atoms with Crippen LogP contribution in [0.2, 0.25) is 0 Å². The van der Waals surface area contributed by atoms with E-state index in [-0.39, 0.29) is 0 Å². The minimum Gasteiger partial charge on any atom is -0.497 e. The quantitative estimate of drug-likeness (QED) is 0.766. The van der Waals surface area contributed by atoms with Gasteiger partial charge in [-0.05, 0) is 55.9 Å². The summed E-state index contributed by atoms with van der Waals surface area (Å²) in [4.78, 5) is 0. The first-order valence-corrected chi connectivity index (χ1v) is 8.31. The van der Waals surface area contributed by atoms with E-state index >= 15 is 0 Å². The highest BCUT2D eigenvalue weighted by Gasteiger charge is 2.20. The first kappa shape index (κ1) is 16.0. The maximum atomic E-state index is 9.22. The van der Waals surface area contributed by atoms with Gasteiger partial charge in [0.15, 0.2) is 0 Å². The van der Waals surface area contributed by atoms with E-state index in [4.69, 9.17) is 4.74 Å². The van der Waals surface area contributed by atoms with Crippen LogP contribution in [0.3, 0.4) is 0 Å². The molecule has 3 rings (SSSR count). The minimum absolute atomic E-state index is 0.329. The predicted octanol–water partition coefficient (Wildman–Crippen LogP) is 2.73. The maximum absolute atomic E-state index is 9.22. The van der Waals surface area contributed by atoms with Gasteiger partial charge in [-0.2, -0.15) is 5.10 Å². The van der Waals surface area contributed by atoms with Crippen LogP contribution in [0.1, 0.15) is 31.2 Å². The van der Waals surface area contributed by atoms with Crippen LogP contribution in [0.25, 0.3) is 11.3 Å². The average molecular weight is 315 g/mol. The number of rotatable bonds is 6. The molecule has 0 unspecified atom stereocenters. The summed E-state index contributed by atoms with van der Waals surface area (Å²) in [5, 5.41) is 20.2. The highest BCUT2D eigenvalue weighted by atomic mass is 16.5. The lowest BCUT2D eigenvalue weighted by Crippen LogP contribution is -2.33. The molecule has 0 saturated heterocycles. The molecular formula is C18H25N3O2. The summed E-state index contributed by atoms with van der Waals surface area (Å²) in [6, 6.07) is 8.55. The summed E-state index contributed by atoms with van der Waals surface area (Å²) in [5.74, 6) is 1.35. The fourth-order valence-corrected chi connectivity index (χ4v) is 3.26. The Bertz CT molecular complexity index is 601. The van der Waals surface area contributed by atoms with E-state index in [0.717, 1.165) is 49.2 Å². The van der Waals surface area contributed by atoms with Crippen LogP contribution in [0.15, 0.2) is 30.5 Å². The molecule has 1 aromatic heterocycles. The van der Waals surface area contributed by atoms with Crippen molar-refractivity contribution >= 4 is 0 Å². The van der Waals surface area contributed by atoms with E-state index in [9.17, 15) is 5.11 Å². The molecule has 1 aliphatic carbocycles. The van der Waals surface area contributed by atoms with Crippen LogP contribution in [0.5, 0.6) is 5.75 Å². The van der Waals surface area contributed by atoms with Gasteiger partial charge in [-0.1, -0.05) is 0 Å². The maximum Gasteiger partial charge on any atom is 0.118 e. The van der Waals surface area contributed by atoms with Crippen molar-refractivity contribution in [2.75, 3.05) is 13.7 Å². The normalized spacial score (nSPS) is 21.3. The zero-order chi connectivity index (χ0) is 16.1. The molecule has 2 aromatic rings. The second kappa shape index (κ2) is 7.62. The molecule has 5 heteroatoms. The van der Waals surface area contributed by atoms with Crippen LogP contribution in [0.4, 0.5) is 0 Å². The molecule has 1 saturated carbocycles. The van der Waals surface area contributed by atoms with Crippen molar-refractivity contribution in [3.05, 3.63) is 36.0 Å². The van der Waals surface area contributed by atoms with Crippen LogP contribution >= 0.6 is 0 Å². The molecule has 1 aromatic carbocycles. The molecule has 1 fully saturated rings. The molecule has 1 heterocycles. The number of aromatic amines is 1. The Balaban J connectivity index is 1.60. The van der Waals surface area contributed by atoms with E-state index in [2.05, 4.69) is 15.5 Å². The van der Waals surface area contributed by atoms with Gasteiger partial charge in [0.1, 0.15) is 5.75 Å². The smallest absolute Gasteiger partial charge is 0.118 e.